The molecule has 7 nitrogen and oxygen atoms in total. The van der Waals surface area contributed by atoms with Crippen molar-refractivity contribution >= 4 is 6.03 Å². The molecular weight excluding hydrogens is 610 g/mol. The molecule has 7 heteroatoms. The Labute approximate surface area is 289 Å². The van der Waals surface area contributed by atoms with Crippen LogP contribution in [0.25, 0.3) is 11.1 Å². The van der Waals surface area contributed by atoms with Crippen LogP contribution in [0.2, 0.25) is 0 Å². The van der Waals surface area contributed by atoms with Crippen LogP contribution in [-0.2, 0) is 35.7 Å². The number of ether oxygens (including phenoxy) is 2. The topological polar surface area (TPSA) is 83.1 Å². The minimum Gasteiger partial charge on any atom is -0.392 e. The summed E-state index contributed by atoms with van der Waals surface area (Å²) >= 11 is 0. The van der Waals surface area contributed by atoms with E-state index in [0.29, 0.717) is 13.1 Å². The van der Waals surface area contributed by atoms with Crippen molar-refractivity contribution < 1.29 is 19.4 Å². The lowest BCUT2D eigenvalue weighted by atomic mass is 9.90. The van der Waals surface area contributed by atoms with Gasteiger partial charge in [-0.25, -0.2) is 4.79 Å². The van der Waals surface area contributed by atoms with Crippen molar-refractivity contribution in [1.82, 2.24) is 15.5 Å². The molecule has 0 spiro atoms. The first-order valence-electron chi connectivity index (χ1n) is 16.9. The quantitative estimate of drug-likeness (QED) is 0.128. The van der Waals surface area contributed by atoms with Crippen molar-refractivity contribution in [2.24, 2.45) is 5.92 Å². The van der Waals surface area contributed by atoms with E-state index in [9.17, 15) is 9.90 Å². The Balaban J connectivity index is 1.13. The summed E-state index contributed by atoms with van der Waals surface area (Å²) in [4.78, 5) is 14.7. The highest BCUT2D eigenvalue weighted by molar-refractivity contribution is 5.74. The summed E-state index contributed by atoms with van der Waals surface area (Å²) in [6, 6.07) is 44.7. The molecule has 3 N–H and O–H groups in total. The molecule has 5 aromatic carbocycles. The normalized spacial score (nSPS) is 19.0. The van der Waals surface area contributed by atoms with E-state index in [1.165, 1.54) is 5.56 Å². The van der Waals surface area contributed by atoms with E-state index in [1.807, 2.05) is 60.7 Å². The van der Waals surface area contributed by atoms with Gasteiger partial charge in [0.1, 0.15) is 0 Å². The maximum Gasteiger partial charge on any atom is 0.315 e. The molecule has 6 rings (SSSR count). The fraction of sp³-hybridized carbons (Fsp3) is 0.262. The van der Waals surface area contributed by atoms with Crippen molar-refractivity contribution in [3.05, 3.63) is 167 Å². The molecule has 5 aromatic rings. The molecule has 49 heavy (non-hydrogen) atoms. The van der Waals surface area contributed by atoms with Crippen molar-refractivity contribution in [3.63, 3.8) is 0 Å². The Bertz CT molecular complexity index is 1760. The van der Waals surface area contributed by atoms with Gasteiger partial charge in [0, 0.05) is 37.7 Å². The molecule has 0 aromatic heterocycles. The zero-order chi connectivity index (χ0) is 34.0. The lowest BCUT2D eigenvalue weighted by Gasteiger charge is -2.42. The lowest BCUT2D eigenvalue weighted by Crippen LogP contribution is -2.43. The third-order valence-electron chi connectivity index (χ3n) is 9.10. The first-order valence-corrected chi connectivity index (χ1v) is 16.9. The van der Waals surface area contributed by atoms with E-state index in [-0.39, 0.29) is 30.8 Å². The summed E-state index contributed by atoms with van der Waals surface area (Å²) in [6.45, 7) is 4.69. The lowest BCUT2D eigenvalue weighted by molar-refractivity contribution is -0.276. The van der Waals surface area contributed by atoms with Gasteiger partial charge in [-0.05, 0) is 52.1 Å². The molecule has 0 aliphatic carbocycles. The largest absolute Gasteiger partial charge is 0.392 e. The Hall–Kier alpha value is -4.79. The number of carbonyl (C=O) groups is 1. The molecule has 4 unspecified atom stereocenters. The van der Waals surface area contributed by atoms with Gasteiger partial charge in [0.25, 0.3) is 0 Å². The van der Waals surface area contributed by atoms with E-state index in [1.54, 1.807) is 0 Å². The molecule has 1 aliphatic heterocycles. The number of aliphatic hydroxyl groups is 1. The first kappa shape index (κ1) is 34.1. The van der Waals surface area contributed by atoms with Gasteiger partial charge in [-0.1, -0.05) is 134 Å². The fourth-order valence-electron chi connectivity index (χ4n) is 6.31. The molecule has 0 saturated carbocycles. The van der Waals surface area contributed by atoms with Crippen LogP contribution in [0, 0.1) is 5.92 Å². The van der Waals surface area contributed by atoms with Crippen molar-refractivity contribution in [2.75, 3.05) is 13.6 Å². The monoisotopic (exact) mass is 655 g/mol. The van der Waals surface area contributed by atoms with Gasteiger partial charge >= 0.3 is 6.03 Å². The standard InChI is InChI=1S/C42H45N3O4/c1-30-39(28-45(2)27-32-12-7-4-8-13-32)48-41(49-40(30)36-18-16-33(29-46)17-19-36)37-22-20-35(21-23-37)38-15-9-14-34(24-38)26-44-42(47)43-25-31-10-5-3-6-11-31/h3-24,30,39-41,46H,25-29H2,1-2H3,(H2,43,44,47). The SMILES string of the molecule is CC1C(CN(C)Cc2ccccc2)OC(c2ccc(-c3cccc(CNC(=O)NCc4ccccc4)c3)cc2)OC1c1ccc(CO)cc1. The minimum absolute atomic E-state index is 0.00978. The number of urea groups is 1. The molecule has 1 heterocycles. The number of hydrogen-bond acceptors (Lipinski definition) is 5. The molecular formula is C42H45N3O4. The van der Waals surface area contributed by atoms with Gasteiger partial charge in [-0.3, -0.25) is 4.90 Å². The second kappa shape index (κ2) is 16.5. The Morgan fingerprint density at radius 1 is 0.673 bits per heavy atom. The average Bonchev–Trinajstić information content (AvgIpc) is 3.15. The van der Waals surface area contributed by atoms with E-state index in [4.69, 9.17) is 9.47 Å². The Morgan fingerprint density at radius 3 is 1.96 bits per heavy atom. The highest BCUT2D eigenvalue weighted by Gasteiger charge is 2.38. The number of benzene rings is 5. The second-order valence-corrected chi connectivity index (χ2v) is 12.8. The number of likely N-dealkylation sites (N-methyl/N-ethyl adjacent to an activating group) is 1. The molecule has 252 valence electrons. The Morgan fingerprint density at radius 2 is 1.29 bits per heavy atom. The van der Waals surface area contributed by atoms with Crippen LogP contribution in [0.15, 0.2) is 133 Å². The van der Waals surface area contributed by atoms with Crippen LogP contribution >= 0.6 is 0 Å². The van der Waals surface area contributed by atoms with E-state index < -0.39 is 6.29 Å². The number of aliphatic hydroxyl groups excluding tert-OH is 1. The van der Waals surface area contributed by atoms with E-state index in [2.05, 4.69) is 102 Å². The van der Waals surface area contributed by atoms with Crippen LogP contribution < -0.4 is 10.6 Å². The Kier molecular flexibility index (Phi) is 11.5. The average molecular weight is 656 g/mol. The minimum atomic E-state index is -0.534. The van der Waals surface area contributed by atoms with Crippen LogP contribution in [-0.4, -0.2) is 35.7 Å². The predicted octanol–water partition coefficient (Wildman–Crippen LogP) is 7.77. The molecule has 1 fully saturated rings. The van der Waals surface area contributed by atoms with Crippen molar-refractivity contribution in [3.8, 4) is 11.1 Å². The summed E-state index contributed by atoms with van der Waals surface area (Å²) in [5.41, 5.74) is 8.37. The summed E-state index contributed by atoms with van der Waals surface area (Å²) in [5, 5.41) is 15.5. The van der Waals surface area contributed by atoms with Gasteiger partial charge in [0.05, 0.1) is 18.8 Å². The summed E-state index contributed by atoms with van der Waals surface area (Å²) < 4.78 is 13.4. The number of rotatable bonds is 12. The zero-order valence-electron chi connectivity index (χ0n) is 28.2. The third-order valence-corrected chi connectivity index (χ3v) is 9.10. The van der Waals surface area contributed by atoms with Crippen LogP contribution in [0.3, 0.4) is 0 Å². The van der Waals surface area contributed by atoms with Gasteiger partial charge < -0.3 is 25.2 Å². The second-order valence-electron chi connectivity index (χ2n) is 12.8. The van der Waals surface area contributed by atoms with Gasteiger partial charge in [0.15, 0.2) is 6.29 Å². The highest BCUT2D eigenvalue weighted by atomic mass is 16.7. The maximum absolute atomic E-state index is 12.4. The molecule has 0 radical (unpaired) electrons. The fourth-order valence-corrected chi connectivity index (χ4v) is 6.31. The first-order chi connectivity index (χ1) is 23.9. The van der Waals surface area contributed by atoms with E-state index in [0.717, 1.165) is 52.0 Å². The highest BCUT2D eigenvalue weighted by Crippen LogP contribution is 2.42. The van der Waals surface area contributed by atoms with Crippen LogP contribution in [0.5, 0.6) is 0 Å². The number of hydrogen-bond donors (Lipinski definition) is 3. The third kappa shape index (κ3) is 9.22. The number of nitrogens with zero attached hydrogens (tertiary/aromatic N) is 1. The predicted molar refractivity (Wildman–Crippen MR) is 193 cm³/mol. The van der Waals surface area contributed by atoms with Gasteiger partial charge in [-0.15, -0.1) is 0 Å². The van der Waals surface area contributed by atoms with Crippen LogP contribution in [0.1, 0.15) is 52.7 Å². The van der Waals surface area contributed by atoms with Gasteiger partial charge in [0.2, 0.25) is 0 Å². The summed E-state index contributed by atoms with van der Waals surface area (Å²) in [6.07, 6.45) is -0.771. The molecule has 2 amide bonds. The summed E-state index contributed by atoms with van der Waals surface area (Å²) in [5.74, 6) is 0.102. The molecule has 1 aliphatic rings. The number of nitrogens with one attached hydrogen (secondary N) is 2. The number of amides is 2. The zero-order valence-corrected chi connectivity index (χ0v) is 28.2. The van der Waals surface area contributed by atoms with Crippen molar-refractivity contribution in [2.45, 2.75) is 51.7 Å². The maximum atomic E-state index is 12.4. The smallest absolute Gasteiger partial charge is 0.315 e. The molecule has 4 atom stereocenters. The van der Waals surface area contributed by atoms with E-state index >= 15 is 0 Å². The van der Waals surface area contributed by atoms with Crippen LogP contribution in [0.4, 0.5) is 4.79 Å². The molecule has 0 bridgehead atoms. The van der Waals surface area contributed by atoms with Gasteiger partial charge in [-0.2, -0.15) is 0 Å². The van der Waals surface area contributed by atoms with Crippen molar-refractivity contribution in [1.29, 1.82) is 0 Å². The molecule has 1 saturated heterocycles. The number of carbonyl (C=O) groups excluding carboxylic acids is 1. The summed E-state index contributed by atoms with van der Waals surface area (Å²) in [7, 11) is 2.13.